The van der Waals surface area contributed by atoms with Gasteiger partial charge in [-0.15, -0.1) is 0 Å². The number of phenols is 2. The van der Waals surface area contributed by atoms with Crippen LogP contribution in [0.25, 0.3) is 11.1 Å². The molecule has 2 heterocycles. The average Bonchev–Trinajstić information content (AvgIpc) is 2.77. The standard InChI is InChI=1S/C25H29NO5/c1-30-21-8-6-17-18-13-16(12-15-3-2-10-26-24(15)18)31-22(28)9-5-14-4-7-20(27)19(11-14)23(17)25(21)29/h4,6-8,11,15-16,18,24,26-27,29H,2-3,5,9-10,12-13H2,1H3/t15-,16-,18+,24-/m1/s1. The van der Waals surface area contributed by atoms with Crippen LogP contribution in [0.1, 0.15) is 49.1 Å². The largest absolute Gasteiger partial charge is 0.507 e. The van der Waals surface area contributed by atoms with Crippen LogP contribution in [0.4, 0.5) is 0 Å². The number of rotatable bonds is 1. The van der Waals surface area contributed by atoms with Gasteiger partial charge < -0.3 is 25.0 Å². The van der Waals surface area contributed by atoms with Crippen molar-refractivity contribution in [2.24, 2.45) is 5.92 Å². The molecular weight excluding hydrogens is 394 g/mol. The summed E-state index contributed by atoms with van der Waals surface area (Å²) in [5.41, 5.74) is 3.06. The Morgan fingerprint density at radius 3 is 2.84 bits per heavy atom. The van der Waals surface area contributed by atoms with Crippen molar-refractivity contribution in [3.8, 4) is 28.4 Å². The van der Waals surface area contributed by atoms with E-state index in [0.29, 0.717) is 42.1 Å². The van der Waals surface area contributed by atoms with Gasteiger partial charge in [-0.25, -0.2) is 0 Å². The number of fused-ring (bicyclic) bond motifs is 9. The lowest BCUT2D eigenvalue weighted by molar-refractivity contribution is -0.152. The molecule has 0 radical (unpaired) electrons. The summed E-state index contributed by atoms with van der Waals surface area (Å²) >= 11 is 0. The number of ether oxygens (including phenoxy) is 2. The summed E-state index contributed by atoms with van der Waals surface area (Å²) in [6.45, 7) is 0.959. The molecule has 3 aliphatic rings. The zero-order chi connectivity index (χ0) is 21.5. The van der Waals surface area contributed by atoms with Crippen LogP contribution in [-0.2, 0) is 16.0 Å². The molecule has 164 valence electrons. The molecule has 1 aliphatic carbocycles. The molecule has 2 aromatic carbocycles. The van der Waals surface area contributed by atoms with E-state index in [4.69, 9.17) is 9.47 Å². The van der Waals surface area contributed by atoms with Crippen molar-refractivity contribution in [2.45, 2.75) is 56.6 Å². The summed E-state index contributed by atoms with van der Waals surface area (Å²) < 4.78 is 11.3. The Labute approximate surface area is 182 Å². The monoisotopic (exact) mass is 423 g/mol. The molecule has 0 aromatic heterocycles. The Balaban J connectivity index is 1.73. The minimum atomic E-state index is -0.168. The van der Waals surface area contributed by atoms with Crippen molar-refractivity contribution in [1.82, 2.24) is 5.32 Å². The molecule has 4 atom stereocenters. The van der Waals surface area contributed by atoms with E-state index in [2.05, 4.69) is 5.32 Å². The molecule has 1 saturated heterocycles. The van der Waals surface area contributed by atoms with E-state index < -0.39 is 0 Å². The molecule has 31 heavy (non-hydrogen) atoms. The van der Waals surface area contributed by atoms with Gasteiger partial charge in [-0.05, 0) is 73.9 Å². The molecular formula is C25H29NO5. The Bertz CT molecular complexity index is 1000. The normalized spacial score (nSPS) is 27.7. The SMILES string of the molecule is COc1ccc2c(c1O)-c1cc(ccc1O)CCC(=O)O[C@@H]1C[C@H]3CCCN[C@H]3[C@H]2C1. The number of aromatic hydroxyl groups is 2. The molecule has 4 bridgehead atoms. The highest BCUT2D eigenvalue weighted by atomic mass is 16.5. The number of hydrogen-bond acceptors (Lipinski definition) is 6. The van der Waals surface area contributed by atoms with E-state index in [1.807, 2.05) is 18.2 Å². The number of esters is 1. The van der Waals surface area contributed by atoms with E-state index >= 15 is 0 Å². The van der Waals surface area contributed by atoms with Gasteiger partial charge in [-0.3, -0.25) is 4.79 Å². The van der Waals surface area contributed by atoms with Crippen LogP contribution in [0, 0.1) is 5.92 Å². The van der Waals surface area contributed by atoms with E-state index in [1.54, 1.807) is 12.1 Å². The predicted octanol–water partition coefficient (Wildman–Crippen LogP) is 3.88. The molecule has 2 aliphatic heterocycles. The van der Waals surface area contributed by atoms with Gasteiger partial charge in [0.1, 0.15) is 11.9 Å². The van der Waals surface area contributed by atoms with Gasteiger partial charge in [0.15, 0.2) is 11.5 Å². The van der Waals surface area contributed by atoms with Crippen molar-refractivity contribution in [3.63, 3.8) is 0 Å². The van der Waals surface area contributed by atoms with Crippen LogP contribution in [0.2, 0.25) is 0 Å². The second kappa shape index (κ2) is 8.08. The number of carbonyl (C=O) groups is 1. The Morgan fingerprint density at radius 2 is 2.00 bits per heavy atom. The fourth-order valence-corrected chi connectivity index (χ4v) is 5.77. The topological polar surface area (TPSA) is 88.0 Å². The summed E-state index contributed by atoms with van der Waals surface area (Å²) in [4.78, 5) is 12.6. The third-order valence-electron chi connectivity index (χ3n) is 7.19. The molecule has 5 rings (SSSR count). The fourth-order valence-electron chi connectivity index (χ4n) is 5.77. The highest BCUT2D eigenvalue weighted by Crippen LogP contribution is 2.50. The summed E-state index contributed by atoms with van der Waals surface area (Å²) in [5.74, 6) is 0.808. The number of hydrogen-bond donors (Lipinski definition) is 3. The smallest absolute Gasteiger partial charge is 0.306 e. The third-order valence-corrected chi connectivity index (χ3v) is 7.19. The average molecular weight is 424 g/mol. The molecule has 1 saturated carbocycles. The van der Waals surface area contributed by atoms with Crippen LogP contribution >= 0.6 is 0 Å². The number of methoxy groups -OCH3 is 1. The van der Waals surface area contributed by atoms with Gasteiger partial charge in [0.05, 0.1) is 7.11 Å². The maximum absolute atomic E-state index is 12.6. The molecule has 0 spiro atoms. The molecule has 0 unspecified atom stereocenters. The van der Waals surface area contributed by atoms with Crippen LogP contribution in [0.5, 0.6) is 17.2 Å². The molecule has 6 heteroatoms. The van der Waals surface area contributed by atoms with Gasteiger partial charge in [-0.1, -0.05) is 12.1 Å². The van der Waals surface area contributed by atoms with E-state index in [9.17, 15) is 15.0 Å². The summed E-state index contributed by atoms with van der Waals surface area (Å²) in [6.07, 6.45) is 4.46. The van der Waals surface area contributed by atoms with Gasteiger partial charge in [0.25, 0.3) is 0 Å². The number of aryl methyl sites for hydroxylation is 1. The van der Waals surface area contributed by atoms with Crippen molar-refractivity contribution in [2.75, 3.05) is 13.7 Å². The minimum Gasteiger partial charge on any atom is -0.507 e. The van der Waals surface area contributed by atoms with Crippen molar-refractivity contribution in [1.29, 1.82) is 0 Å². The first kappa shape index (κ1) is 20.2. The van der Waals surface area contributed by atoms with E-state index in [1.165, 1.54) is 7.11 Å². The van der Waals surface area contributed by atoms with Gasteiger partial charge in [0, 0.05) is 29.5 Å². The Morgan fingerprint density at radius 1 is 1.13 bits per heavy atom. The zero-order valence-corrected chi connectivity index (χ0v) is 17.8. The second-order valence-electron chi connectivity index (χ2n) is 9.00. The number of nitrogens with one attached hydrogen (secondary N) is 1. The summed E-state index contributed by atoms with van der Waals surface area (Å²) in [6, 6.07) is 9.34. The first-order valence-corrected chi connectivity index (χ1v) is 11.2. The number of phenolic OH excluding ortho intramolecular Hbond substituents is 2. The molecule has 0 amide bonds. The summed E-state index contributed by atoms with van der Waals surface area (Å²) in [5, 5.41) is 25.6. The molecule has 6 nitrogen and oxygen atoms in total. The van der Waals surface area contributed by atoms with Crippen molar-refractivity contribution >= 4 is 5.97 Å². The van der Waals surface area contributed by atoms with Crippen LogP contribution in [-0.4, -0.2) is 42.0 Å². The fraction of sp³-hybridized carbons (Fsp3) is 0.480. The molecule has 2 fully saturated rings. The lowest BCUT2D eigenvalue weighted by Crippen LogP contribution is -2.51. The minimum absolute atomic E-state index is 0.0380. The zero-order valence-electron chi connectivity index (χ0n) is 17.8. The van der Waals surface area contributed by atoms with Gasteiger partial charge in [0.2, 0.25) is 0 Å². The predicted molar refractivity (Wildman–Crippen MR) is 116 cm³/mol. The maximum Gasteiger partial charge on any atom is 0.306 e. The number of benzene rings is 2. The van der Waals surface area contributed by atoms with Crippen molar-refractivity contribution < 1.29 is 24.5 Å². The Kier molecular flexibility index (Phi) is 5.26. The van der Waals surface area contributed by atoms with Crippen LogP contribution in [0.15, 0.2) is 30.3 Å². The van der Waals surface area contributed by atoms with E-state index in [-0.39, 0.29) is 35.5 Å². The second-order valence-corrected chi connectivity index (χ2v) is 9.00. The number of carbonyl (C=O) groups excluding carboxylic acids is 1. The van der Waals surface area contributed by atoms with Gasteiger partial charge >= 0.3 is 5.97 Å². The Hall–Kier alpha value is -2.73. The first-order chi connectivity index (χ1) is 15.0. The molecule has 3 N–H and O–H groups in total. The van der Waals surface area contributed by atoms with Crippen LogP contribution < -0.4 is 10.1 Å². The number of piperidine rings is 1. The quantitative estimate of drug-likeness (QED) is 0.604. The van der Waals surface area contributed by atoms with Gasteiger partial charge in [-0.2, -0.15) is 0 Å². The first-order valence-electron chi connectivity index (χ1n) is 11.2. The maximum atomic E-state index is 12.6. The van der Waals surface area contributed by atoms with Crippen LogP contribution in [0.3, 0.4) is 0 Å². The lowest BCUT2D eigenvalue weighted by atomic mass is 9.68. The third kappa shape index (κ3) is 3.63. The molecule has 2 aromatic rings. The van der Waals surface area contributed by atoms with Crippen molar-refractivity contribution in [3.05, 3.63) is 41.5 Å². The highest BCUT2D eigenvalue weighted by molar-refractivity contribution is 5.82. The summed E-state index contributed by atoms with van der Waals surface area (Å²) in [7, 11) is 1.53. The highest BCUT2D eigenvalue weighted by Gasteiger charge is 2.42. The lowest BCUT2D eigenvalue weighted by Gasteiger charge is -2.45. The van der Waals surface area contributed by atoms with E-state index in [0.717, 1.165) is 36.9 Å².